The van der Waals surface area contributed by atoms with E-state index in [-0.39, 0.29) is 33.5 Å². The van der Waals surface area contributed by atoms with E-state index in [0.29, 0.717) is 66.9 Å². The van der Waals surface area contributed by atoms with Gasteiger partial charge in [-0.25, -0.2) is 17.2 Å². The molecule has 1 saturated heterocycles. The van der Waals surface area contributed by atoms with Crippen molar-refractivity contribution >= 4 is 43.9 Å². The molecule has 1 amide bonds. The minimum absolute atomic E-state index is 0.0434. The molecule has 2 fully saturated rings. The molecular weight excluding hydrogens is 538 g/mol. The molecule has 11 nitrogen and oxygen atoms in total. The molecule has 3 aromatic rings. The summed E-state index contributed by atoms with van der Waals surface area (Å²) in [6.45, 7) is 5.54. The Morgan fingerprint density at radius 1 is 1.24 bits per heavy atom. The third-order valence-electron chi connectivity index (χ3n) is 7.21. The second kappa shape index (κ2) is 8.65. The third kappa shape index (κ3) is 4.02. The Morgan fingerprint density at radius 2 is 2.00 bits per heavy atom. The largest absolute Gasteiger partial charge is 0.361 e. The summed E-state index contributed by atoms with van der Waals surface area (Å²) in [7, 11) is -4.09. The molecule has 2 aromatic heterocycles. The van der Waals surface area contributed by atoms with Gasteiger partial charge in [-0.15, -0.1) is 10.2 Å². The second-order valence-electron chi connectivity index (χ2n) is 10.2. The number of nitrogens with zero attached hydrogens (tertiary/aromatic N) is 7. The first-order valence-corrected chi connectivity index (χ1v) is 14.5. The predicted molar refractivity (Wildman–Crippen MR) is 134 cm³/mol. The molecule has 0 bridgehead atoms. The van der Waals surface area contributed by atoms with Crippen LogP contribution >= 0.6 is 11.3 Å². The first-order valence-electron chi connectivity index (χ1n) is 12.2. The molecule has 1 aromatic carbocycles. The predicted octanol–water partition coefficient (Wildman–Crippen LogP) is 2.51. The van der Waals surface area contributed by atoms with Crippen LogP contribution in [0.2, 0.25) is 0 Å². The number of rotatable bonds is 6. The summed E-state index contributed by atoms with van der Waals surface area (Å²) in [5.74, 6) is -0.110. The number of piperazine rings is 1. The molecule has 3 aliphatic rings. The zero-order valence-corrected chi connectivity index (χ0v) is 22.2. The van der Waals surface area contributed by atoms with E-state index in [1.807, 2.05) is 24.8 Å². The minimum atomic E-state index is -4.09. The number of benzene rings is 1. The number of hydrogen-bond donors (Lipinski definition) is 1. The summed E-state index contributed by atoms with van der Waals surface area (Å²) in [6.07, 6.45) is -1.94. The van der Waals surface area contributed by atoms with Crippen molar-refractivity contribution in [2.24, 2.45) is 5.92 Å². The Morgan fingerprint density at radius 3 is 2.63 bits per heavy atom. The van der Waals surface area contributed by atoms with Crippen LogP contribution in [0.25, 0.3) is 21.6 Å². The van der Waals surface area contributed by atoms with E-state index in [1.54, 1.807) is 10.7 Å². The monoisotopic (exact) mass is 562 g/mol. The fraction of sp³-hybridized carbons (Fsp3) is 0.522. The van der Waals surface area contributed by atoms with Crippen LogP contribution in [-0.2, 0) is 21.4 Å². The zero-order chi connectivity index (χ0) is 27.0. The Balaban J connectivity index is 1.49. The molecule has 6 rings (SSSR count). The lowest BCUT2D eigenvalue weighted by molar-refractivity contribution is -0.135. The second-order valence-corrected chi connectivity index (χ2v) is 12.9. The number of anilines is 1. The number of sulfonamides is 1. The van der Waals surface area contributed by atoms with E-state index in [0.717, 1.165) is 0 Å². The summed E-state index contributed by atoms with van der Waals surface area (Å²) >= 11 is 0.706. The molecule has 0 spiro atoms. The van der Waals surface area contributed by atoms with Crippen molar-refractivity contribution in [3.63, 3.8) is 0 Å². The third-order valence-corrected chi connectivity index (χ3v) is 9.67. The average molecular weight is 563 g/mol. The molecule has 38 heavy (non-hydrogen) atoms. The molecule has 4 heterocycles. The highest BCUT2D eigenvalue weighted by Crippen LogP contribution is 2.43. The maximum absolute atomic E-state index is 13.4. The summed E-state index contributed by atoms with van der Waals surface area (Å²) in [4.78, 5) is 16.5. The van der Waals surface area contributed by atoms with E-state index in [9.17, 15) is 27.3 Å². The van der Waals surface area contributed by atoms with Gasteiger partial charge in [0.2, 0.25) is 15.9 Å². The maximum Gasteiger partial charge on any atom is 0.291 e. The number of halogens is 2. The van der Waals surface area contributed by atoms with Crippen molar-refractivity contribution in [1.29, 1.82) is 5.26 Å². The van der Waals surface area contributed by atoms with Crippen LogP contribution < -0.4 is 9.62 Å². The van der Waals surface area contributed by atoms with Gasteiger partial charge in [-0.1, -0.05) is 25.2 Å². The Hall–Kier alpha value is -3.22. The molecular formula is C23H24F2N8O3S2. The number of amides is 1. The zero-order valence-electron chi connectivity index (χ0n) is 20.6. The topological polar surface area (TPSA) is 137 Å². The average Bonchev–Trinajstić information content (AvgIpc) is 3.30. The summed E-state index contributed by atoms with van der Waals surface area (Å²) < 4.78 is 57.6. The van der Waals surface area contributed by atoms with Gasteiger partial charge in [-0.2, -0.15) is 15.1 Å². The first kappa shape index (κ1) is 25.1. The lowest BCUT2D eigenvalue weighted by Crippen LogP contribution is -2.58. The lowest BCUT2D eigenvalue weighted by Gasteiger charge is -2.45. The van der Waals surface area contributed by atoms with Crippen LogP contribution in [0.1, 0.15) is 38.1 Å². The fourth-order valence-electron chi connectivity index (χ4n) is 5.12. The number of fused-ring (bicyclic) bond motifs is 2. The van der Waals surface area contributed by atoms with Crippen LogP contribution in [0.3, 0.4) is 0 Å². The minimum Gasteiger partial charge on any atom is -0.361 e. The van der Waals surface area contributed by atoms with Crippen LogP contribution in [-0.4, -0.2) is 70.4 Å². The van der Waals surface area contributed by atoms with Gasteiger partial charge in [0.1, 0.15) is 11.2 Å². The molecule has 1 unspecified atom stereocenters. The number of nitriles is 1. The molecule has 1 atom stereocenters. The number of nitrogens with one attached hydrogen (secondary N) is 1. The molecule has 1 aliphatic carbocycles. The highest BCUT2D eigenvalue weighted by molar-refractivity contribution is 7.89. The highest BCUT2D eigenvalue weighted by atomic mass is 32.2. The summed E-state index contributed by atoms with van der Waals surface area (Å²) in [5, 5.41) is 21.8. The Labute approximate surface area is 221 Å². The summed E-state index contributed by atoms with van der Waals surface area (Å²) in [5.41, 5.74) is 0.428. The van der Waals surface area contributed by atoms with Gasteiger partial charge < -0.3 is 9.80 Å². The lowest BCUT2D eigenvalue weighted by atomic mass is 10.0. The normalized spacial score (nSPS) is 20.2. The van der Waals surface area contributed by atoms with Gasteiger partial charge in [0.25, 0.3) is 6.43 Å². The molecule has 2 aliphatic heterocycles. The van der Waals surface area contributed by atoms with E-state index < -0.39 is 27.0 Å². The van der Waals surface area contributed by atoms with E-state index in [1.165, 1.54) is 6.07 Å². The molecule has 200 valence electrons. The fourth-order valence-corrected chi connectivity index (χ4v) is 7.24. The van der Waals surface area contributed by atoms with Gasteiger partial charge in [-0.3, -0.25) is 9.48 Å². The van der Waals surface area contributed by atoms with Gasteiger partial charge in [-0.05, 0) is 25.0 Å². The van der Waals surface area contributed by atoms with Crippen LogP contribution in [0, 0.1) is 17.2 Å². The van der Waals surface area contributed by atoms with Crippen LogP contribution in [0.15, 0.2) is 17.0 Å². The Bertz CT molecular complexity index is 1610. The van der Waals surface area contributed by atoms with Crippen molar-refractivity contribution in [3.05, 3.63) is 17.1 Å². The molecule has 1 saturated carbocycles. The van der Waals surface area contributed by atoms with Crippen molar-refractivity contribution in [2.75, 3.05) is 24.5 Å². The molecule has 0 radical (unpaired) electrons. The Kier molecular flexibility index (Phi) is 5.71. The summed E-state index contributed by atoms with van der Waals surface area (Å²) in [6, 6.07) is 4.89. The SMILES string of the molecule is CC(C)C(=O)N1CCN2c3cc(S(=O)(=O)NC4(C#N)CC4)cc4c(-c5nnc(C(F)F)s5)nn(c34)CC2C1. The number of hydrogen-bond acceptors (Lipinski definition) is 9. The van der Waals surface area contributed by atoms with Crippen molar-refractivity contribution in [1.82, 2.24) is 29.6 Å². The smallest absolute Gasteiger partial charge is 0.291 e. The number of carbonyl (C=O) groups is 1. The quantitative estimate of drug-likeness (QED) is 0.484. The van der Waals surface area contributed by atoms with Crippen LogP contribution in [0.4, 0.5) is 14.5 Å². The molecule has 1 N–H and O–H groups in total. The van der Waals surface area contributed by atoms with E-state index in [2.05, 4.69) is 24.9 Å². The van der Waals surface area contributed by atoms with E-state index in [4.69, 9.17) is 0 Å². The van der Waals surface area contributed by atoms with E-state index >= 15 is 0 Å². The van der Waals surface area contributed by atoms with Crippen molar-refractivity contribution < 1.29 is 22.0 Å². The molecule has 15 heteroatoms. The van der Waals surface area contributed by atoms with Gasteiger partial charge in [0, 0.05) is 30.9 Å². The standard InChI is InChI=1S/C23H24F2N8O3S2/c1-12(2)22(34)31-5-6-32-13(9-31)10-33-18-15(17(29-33)20-27-28-21(37-20)19(24)25)7-14(8-16(18)32)38(35,36)30-23(11-26)3-4-23/h7-8,12-13,19,30H,3-6,9-10H2,1-2H3. The number of alkyl halides is 2. The number of carbonyl (C=O) groups excluding carboxylic acids is 1. The number of aromatic nitrogens is 4. The van der Waals surface area contributed by atoms with Crippen molar-refractivity contribution in [3.8, 4) is 16.8 Å². The van der Waals surface area contributed by atoms with Gasteiger partial charge in [0.05, 0.1) is 34.8 Å². The first-order chi connectivity index (χ1) is 18.0. The maximum atomic E-state index is 13.4. The highest BCUT2D eigenvalue weighted by Gasteiger charge is 2.47. The van der Waals surface area contributed by atoms with Gasteiger partial charge in [0.15, 0.2) is 10.0 Å². The van der Waals surface area contributed by atoms with Gasteiger partial charge >= 0.3 is 0 Å². The van der Waals surface area contributed by atoms with Crippen molar-refractivity contribution in [2.45, 2.75) is 56.1 Å². The van der Waals surface area contributed by atoms with Crippen LogP contribution in [0.5, 0.6) is 0 Å².